The van der Waals surface area contributed by atoms with Gasteiger partial charge in [-0.2, -0.15) is 5.11 Å². The molecule has 0 heterocycles. The molecule has 32 heavy (non-hydrogen) atoms. The van der Waals surface area contributed by atoms with Gasteiger partial charge in [0.1, 0.15) is 5.69 Å². The molecule has 0 atom stereocenters. The van der Waals surface area contributed by atoms with E-state index in [-0.39, 0.29) is 11.7 Å². The fourth-order valence-corrected chi connectivity index (χ4v) is 3.76. The van der Waals surface area contributed by atoms with Crippen LogP contribution in [0.2, 0.25) is 0 Å². The number of hydrogen-bond donors (Lipinski definition) is 2. The van der Waals surface area contributed by atoms with Gasteiger partial charge in [-0.15, -0.1) is 5.11 Å². The summed E-state index contributed by atoms with van der Waals surface area (Å²) in [6, 6.07) is 22.4. The molecular weight excluding hydrogens is 398 g/mol. The number of aromatic hydroxyl groups is 1. The molecule has 0 fully saturated rings. The van der Waals surface area contributed by atoms with E-state index in [0.717, 1.165) is 23.1 Å². The van der Waals surface area contributed by atoms with Gasteiger partial charge in [0.25, 0.3) is 5.91 Å². The van der Waals surface area contributed by atoms with Crippen molar-refractivity contribution < 1.29 is 9.90 Å². The van der Waals surface area contributed by atoms with Crippen LogP contribution >= 0.6 is 0 Å². The van der Waals surface area contributed by atoms with Crippen molar-refractivity contribution >= 4 is 33.7 Å². The first-order valence-corrected chi connectivity index (χ1v) is 10.6. The maximum atomic E-state index is 12.4. The number of aryl methyl sites for hydroxylation is 3. The summed E-state index contributed by atoms with van der Waals surface area (Å²) in [4.78, 5) is 12.4. The van der Waals surface area contributed by atoms with Crippen molar-refractivity contribution in [1.82, 2.24) is 0 Å². The number of benzene rings is 4. The first-order valence-electron chi connectivity index (χ1n) is 10.6. The molecule has 0 aliphatic rings. The summed E-state index contributed by atoms with van der Waals surface area (Å²) in [5, 5.41) is 23.9. The van der Waals surface area contributed by atoms with Gasteiger partial charge >= 0.3 is 0 Å². The van der Waals surface area contributed by atoms with Crippen LogP contribution in [0.1, 0.15) is 34.0 Å². The highest BCUT2D eigenvalue weighted by molar-refractivity contribution is 6.05. The van der Waals surface area contributed by atoms with E-state index in [9.17, 15) is 9.90 Å². The third-order valence-corrected chi connectivity index (χ3v) is 5.54. The van der Waals surface area contributed by atoms with Crippen LogP contribution in [0.15, 0.2) is 83.0 Å². The molecule has 1 amide bonds. The van der Waals surface area contributed by atoms with E-state index >= 15 is 0 Å². The molecule has 0 unspecified atom stereocenters. The third-order valence-electron chi connectivity index (χ3n) is 5.54. The van der Waals surface area contributed by atoms with E-state index in [1.165, 1.54) is 11.1 Å². The molecule has 4 aromatic rings. The summed E-state index contributed by atoms with van der Waals surface area (Å²) in [6.07, 6.45) is 0.974. The van der Waals surface area contributed by atoms with Crippen LogP contribution in [0.3, 0.4) is 0 Å². The third kappa shape index (κ3) is 4.37. The molecule has 0 radical (unpaired) electrons. The summed E-state index contributed by atoms with van der Waals surface area (Å²) >= 11 is 0. The molecule has 4 aromatic carbocycles. The van der Waals surface area contributed by atoms with Gasteiger partial charge in [-0.25, -0.2) is 0 Å². The molecule has 5 nitrogen and oxygen atoms in total. The van der Waals surface area contributed by atoms with Crippen molar-refractivity contribution in [3.63, 3.8) is 0 Å². The summed E-state index contributed by atoms with van der Waals surface area (Å²) in [5.41, 5.74) is 5.69. The van der Waals surface area contributed by atoms with Crippen molar-refractivity contribution in [1.29, 1.82) is 0 Å². The number of rotatable bonds is 5. The minimum absolute atomic E-state index is 0.0755. The lowest BCUT2D eigenvalue weighted by molar-refractivity contribution is 0.102. The molecular formula is C27H25N3O2. The number of fused-ring (bicyclic) bond motifs is 1. The summed E-state index contributed by atoms with van der Waals surface area (Å²) in [6.45, 7) is 6.07. The van der Waals surface area contributed by atoms with Crippen LogP contribution in [0.25, 0.3) is 10.8 Å². The largest absolute Gasteiger partial charge is 0.505 e. The van der Waals surface area contributed by atoms with Crippen LogP contribution in [0, 0.1) is 13.8 Å². The minimum atomic E-state index is -0.180. The number of nitrogens with zero attached hydrogens (tertiary/aromatic N) is 2. The van der Waals surface area contributed by atoms with Gasteiger partial charge in [-0.05, 0) is 90.9 Å². The number of azo groups is 1. The molecule has 0 spiro atoms. The van der Waals surface area contributed by atoms with Crippen molar-refractivity contribution in [2.45, 2.75) is 27.2 Å². The lowest BCUT2D eigenvalue weighted by Gasteiger charge is -2.10. The van der Waals surface area contributed by atoms with Crippen LogP contribution in [-0.2, 0) is 6.42 Å². The number of amides is 1. The first kappa shape index (κ1) is 21.2. The van der Waals surface area contributed by atoms with Crippen molar-refractivity contribution in [3.8, 4) is 5.75 Å². The summed E-state index contributed by atoms with van der Waals surface area (Å²) in [7, 11) is 0. The highest BCUT2D eigenvalue weighted by Crippen LogP contribution is 2.39. The second kappa shape index (κ2) is 9.02. The Morgan fingerprint density at radius 3 is 2.41 bits per heavy atom. The Hall–Kier alpha value is -3.99. The number of anilines is 1. The summed E-state index contributed by atoms with van der Waals surface area (Å²) < 4.78 is 0. The standard InChI is InChI=1S/C27H25N3O2/c1-4-19-10-11-23(15-17(19)2)29-30-25-18(3)14-21-16-22(12-13-24(21)26(25)31)28-27(32)20-8-6-5-7-9-20/h5-16,31H,4H2,1-3H3,(H,28,32). The first-order chi connectivity index (χ1) is 15.5. The SMILES string of the molecule is CCc1ccc(N=Nc2c(C)cc3cc(NC(=O)c4ccccc4)ccc3c2O)cc1C. The number of phenolic OH excluding ortho intramolecular Hbond substituents is 1. The highest BCUT2D eigenvalue weighted by atomic mass is 16.3. The fourth-order valence-electron chi connectivity index (χ4n) is 3.76. The van der Waals surface area contributed by atoms with Gasteiger partial charge in [0.15, 0.2) is 5.75 Å². The lowest BCUT2D eigenvalue weighted by atomic mass is 10.0. The van der Waals surface area contributed by atoms with Crippen LogP contribution in [0.5, 0.6) is 5.75 Å². The quantitative estimate of drug-likeness (QED) is 0.328. The number of carbonyl (C=O) groups is 1. The Kier molecular flexibility index (Phi) is 5.99. The molecule has 0 saturated carbocycles. The van der Waals surface area contributed by atoms with Gasteiger partial charge in [-0.1, -0.05) is 31.2 Å². The Labute approximate surface area is 187 Å². The smallest absolute Gasteiger partial charge is 0.255 e. The second-order valence-corrected chi connectivity index (χ2v) is 7.81. The predicted octanol–water partition coefficient (Wildman–Crippen LogP) is 7.39. The fraction of sp³-hybridized carbons (Fsp3) is 0.148. The number of carbonyl (C=O) groups excluding carboxylic acids is 1. The molecule has 2 N–H and O–H groups in total. The van der Waals surface area contributed by atoms with Gasteiger partial charge in [0.2, 0.25) is 0 Å². The maximum absolute atomic E-state index is 12.4. The van der Waals surface area contributed by atoms with E-state index in [2.05, 4.69) is 35.5 Å². The van der Waals surface area contributed by atoms with E-state index in [1.54, 1.807) is 24.3 Å². The predicted molar refractivity (Wildman–Crippen MR) is 129 cm³/mol. The molecule has 160 valence electrons. The monoisotopic (exact) mass is 423 g/mol. The van der Waals surface area contributed by atoms with Gasteiger partial charge in [-0.3, -0.25) is 4.79 Å². The van der Waals surface area contributed by atoms with Crippen molar-refractivity contribution in [2.75, 3.05) is 5.32 Å². The van der Waals surface area contributed by atoms with Crippen LogP contribution in [0.4, 0.5) is 17.1 Å². The summed E-state index contributed by atoms with van der Waals surface area (Å²) in [5.74, 6) is -0.104. The zero-order chi connectivity index (χ0) is 22.7. The number of nitrogens with one attached hydrogen (secondary N) is 1. The molecule has 0 aromatic heterocycles. The Balaban J connectivity index is 1.62. The topological polar surface area (TPSA) is 74.0 Å². The normalized spacial score (nSPS) is 11.2. The molecule has 0 bridgehead atoms. The lowest BCUT2D eigenvalue weighted by Crippen LogP contribution is -2.11. The van der Waals surface area contributed by atoms with E-state index in [4.69, 9.17) is 0 Å². The van der Waals surface area contributed by atoms with Gasteiger partial charge in [0, 0.05) is 16.6 Å². The second-order valence-electron chi connectivity index (χ2n) is 7.81. The van der Waals surface area contributed by atoms with Crippen LogP contribution in [-0.4, -0.2) is 11.0 Å². The zero-order valence-corrected chi connectivity index (χ0v) is 18.4. The minimum Gasteiger partial charge on any atom is -0.505 e. The van der Waals surface area contributed by atoms with Gasteiger partial charge in [0.05, 0.1) is 5.69 Å². The number of hydrogen-bond acceptors (Lipinski definition) is 4. The van der Waals surface area contributed by atoms with Crippen LogP contribution < -0.4 is 5.32 Å². The Bertz CT molecular complexity index is 1330. The average Bonchev–Trinajstić information content (AvgIpc) is 2.79. The number of phenols is 1. The molecule has 5 heteroatoms. The molecule has 0 aliphatic carbocycles. The molecule has 0 saturated heterocycles. The van der Waals surface area contributed by atoms with E-state index in [1.807, 2.05) is 49.4 Å². The maximum Gasteiger partial charge on any atom is 0.255 e. The van der Waals surface area contributed by atoms with E-state index in [0.29, 0.717) is 22.3 Å². The average molecular weight is 424 g/mol. The van der Waals surface area contributed by atoms with Crippen molar-refractivity contribution in [3.05, 3.63) is 95.1 Å². The van der Waals surface area contributed by atoms with Gasteiger partial charge < -0.3 is 10.4 Å². The Morgan fingerprint density at radius 1 is 0.906 bits per heavy atom. The van der Waals surface area contributed by atoms with E-state index < -0.39 is 0 Å². The highest BCUT2D eigenvalue weighted by Gasteiger charge is 2.12. The zero-order valence-electron chi connectivity index (χ0n) is 18.4. The molecule has 4 rings (SSSR count). The van der Waals surface area contributed by atoms with Crippen molar-refractivity contribution in [2.24, 2.45) is 10.2 Å². The Morgan fingerprint density at radius 2 is 1.69 bits per heavy atom. The molecule has 0 aliphatic heterocycles.